The minimum Gasteiger partial charge on any atom is -0.393 e. The van der Waals surface area contributed by atoms with Gasteiger partial charge in [0.1, 0.15) is 5.82 Å². The first kappa shape index (κ1) is 15.0. The smallest absolute Gasteiger partial charge is 0.242 e. The molecule has 0 amide bonds. The van der Waals surface area contributed by atoms with Gasteiger partial charge in [0, 0.05) is 19.5 Å². The van der Waals surface area contributed by atoms with E-state index >= 15 is 0 Å². The molecule has 0 bridgehead atoms. The summed E-state index contributed by atoms with van der Waals surface area (Å²) < 4.78 is 38.4. The summed E-state index contributed by atoms with van der Waals surface area (Å²) in [6.45, 7) is 1.90. The number of thiocarbonyl (C=S) groups is 1. The lowest BCUT2D eigenvalue weighted by Gasteiger charge is -2.20. The van der Waals surface area contributed by atoms with Crippen LogP contribution in [-0.4, -0.2) is 31.3 Å². The molecule has 7 heteroatoms. The Morgan fingerprint density at radius 1 is 1.56 bits per heavy atom. The van der Waals surface area contributed by atoms with E-state index in [1.165, 1.54) is 25.2 Å². The van der Waals surface area contributed by atoms with E-state index in [0.29, 0.717) is 0 Å². The molecule has 1 rings (SSSR count). The van der Waals surface area contributed by atoms with Gasteiger partial charge >= 0.3 is 0 Å². The number of nitrogens with zero attached hydrogens (tertiary/aromatic N) is 1. The summed E-state index contributed by atoms with van der Waals surface area (Å²) in [5, 5.41) is 0. The van der Waals surface area contributed by atoms with Gasteiger partial charge < -0.3 is 5.73 Å². The summed E-state index contributed by atoms with van der Waals surface area (Å²) in [5.41, 5.74) is 5.44. The average Bonchev–Trinajstić information content (AvgIpc) is 2.28. The fraction of sp³-hybridized carbons (Fsp3) is 0.364. The Labute approximate surface area is 112 Å². The van der Waals surface area contributed by atoms with Gasteiger partial charge in [-0.2, -0.15) is 0 Å². The molecular formula is C11H15FN2O2S2. The largest absolute Gasteiger partial charge is 0.393 e. The maximum atomic E-state index is 13.0. The Kier molecular flexibility index (Phi) is 4.78. The van der Waals surface area contributed by atoms with Crippen molar-refractivity contribution in [3.8, 4) is 0 Å². The van der Waals surface area contributed by atoms with E-state index in [-0.39, 0.29) is 22.3 Å². The van der Waals surface area contributed by atoms with Crippen molar-refractivity contribution in [3.63, 3.8) is 0 Å². The van der Waals surface area contributed by atoms with Gasteiger partial charge in [-0.05, 0) is 18.2 Å². The van der Waals surface area contributed by atoms with E-state index in [2.05, 4.69) is 0 Å². The molecule has 0 aliphatic rings. The topological polar surface area (TPSA) is 63.4 Å². The van der Waals surface area contributed by atoms with Crippen molar-refractivity contribution in [2.75, 3.05) is 13.6 Å². The average molecular weight is 290 g/mol. The molecule has 4 nitrogen and oxygen atoms in total. The molecule has 1 atom stereocenters. The molecule has 1 aromatic rings. The summed E-state index contributed by atoms with van der Waals surface area (Å²) in [6.07, 6.45) is 0. The van der Waals surface area contributed by atoms with Crippen molar-refractivity contribution in [2.24, 2.45) is 11.7 Å². The fourth-order valence-corrected chi connectivity index (χ4v) is 2.75. The molecule has 0 fully saturated rings. The summed E-state index contributed by atoms with van der Waals surface area (Å²) in [5.74, 6) is -0.833. The van der Waals surface area contributed by atoms with E-state index in [1.54, 1.807) is 6.92 Å². The van der Waals surface area contributed by atoms with E-state index < -0.39 is 15.8 Å². The Bertz CT molecular complexity index is 546. The van der Waals surface area contributed by atoms with Crippen molar-refractivity contribution < 1.29 is 12.8 Å². The zero-order valence-corrected chi connectivity index (χ0v) is 11.8. The SMILES string of the molecule is CC(CN(C)S(=O)(=O)c1cccc(F)c1)C(N)=S. The number of benzene rings is 1. The lowest BCUT2D eigenvalue weighted by atomic mass is 10.2. The van der Waals surface area contributed by atoms with Gasteiger partial charge in [0.25, 0.3) is 0 Å². The van der Waals surface area contributed by atoms with Gasteiger partial charge in [0.15, 0.2) is 0 Å². The highest BCUT2D eigenvalue weighted by Gasteiger charge is 2.23. The van der Waals surface area contributed by atoms with Crippen LogP contribution < -0.4 is 5.73 Å². The number of halogens is 1. The summed E-state index contributed by atoms with van der Waals surface area (Å²) in [7, 11) is -2.30. The van der Waals surface area contributed by atoms with Gasteiger partial charge in [-0.1, -0.05) is 25.2 Å². The van der Waals surface area contributed by atoms with Gasteiger partial charge in [-0.25, -0.2) is 17.1 Å². The fourth-order valence-electron chi connectivity index (χ4n) is 1.38. The maximum absolute atomic E-state index is 13.0. The summed E-state index contributed by atoms with van der Waals surface area (Å²) in [4.78, 5) is 0.163. The normalized spacial score (nSPS) is 13.6. The van der Waals surface area contributed by atoms with Crippen LogP contribution >= 0.6 is 12.2 Å². The van der Waals surface area contributed by atoms with Crippen LogP contribution in [0.1, 0.15) is 6.92 Å². The Morgan fingerprint density at radius 3 is 2.67 bits per heavy atom. The van der Waals surface area contributed by atoms with Crippen LogP contribution in [0.2, 0.25) is 0 Å². The number of hydrogen-bond donors (Lipinski definition) is 1. The lowest BCUT2D eigenvalue weighted by Crippen LogP contribution is -2.35. The molecule has 18 heavy (non-hydrogen) atoms. The third-order valence-corrected chi connectivity index (χ3v) is 4.74. The highest BCUT2D eigenvalue weighted by atomic mass is 32.2. The number of hydrogen-bond acceptors (Lipinski definition) is 3. The second-order valence-corrected chi connectivity index (χ2v) is 6.56. The molecule has 0 aliphatic carbocycles. The minimum absolute atomic E-state index is 0.0832. The van der Waals surface area contributed by atoms with Crippen molar-refractivity contribution in [1.82, 2.24) is 4.31 Å². The highest BCUT2D eigenvalue weighted by Crippen LogP contribution is 2.16. The molecule has 0 saturated heterocycles. The quantitative estimate of drug-likeness (QED) is 0.832. The molecule has 0 saturated carbocycles. The molecule has 1 unspecified atom stereocenters. The van der Waals surface area contributed by atoms with Gasteiger partial charge in [0.05, 0.1) is 9.88 Å². The van der Waals surface area contributed by atoms with Crippen LogP contribution in [0.3, 0.4) is 0 Å². The van der Waals surface area contributed by atoms with Gasteiger partial charge in [-0.15, -0.1) is 0 Å². The van der Waals surface area contributed by atoms with E-state index in [9.17, 15) is 12.8 Å². The second kappa shape index (κ2) is 5.73. The Morgan fingerprint density at radius 2 is 2.17 bits per heavy atom. The molecule has 0 aromatic heterocycles. The van der Waals surface area contributed by atoms with Gasteiger partial charge in [0.2, 0.25) is 10.0 Å². The monoisotopic (exact) mass is 290 g/mol. The minimum atomic E-state index is -3.71. The van der Waals surface area contributed by atoms with Crippen LogP contribution in [-0.2, 0) is 10.0 Å². The molecule has 100 valence electrons. The number of rotatable bonds is 5. The Hall–Kier alpha value is -1.05. The maximum Gasteiger partial charge on any atom is 0.242 e. The zero-order valence-electron chi connectivity index (χ0n) is 10.1. The van der Waals surface area contributed by atoms with Crippen molar-refractivity contribution in [1.29, 1.82) is 0 Å². The van der Waals surface area contributed by atoms with Crippen molar-refractivity contribution >= 4 is 27.2 Å². The molecule has 0 heterocycles. The van der Waals surface area contributed by atoms with Crippen LogP contribution in [0.15, 0.2) is 29.2 Å². The highest BCUT2D eigenvalue weighted by molar-refractivity contribution is 7.89. The standard InChI is InChI=1S/C11H15FN2O2S2/c1-8(11(13)17)7-14(2)18(15,16)10-5-3-4-9(12)6-10/h3-6,8H,7H2,1-2H3,(H2,13,17). The van der Waals surface area contributed by atoms with E-state index in [0.717, 1.165) is 10.4 Å². The third-order valence-electron chi connectivity index (χ3n) is 2.52. The summed E-state index contributed by atoms with van der Waals surface area (Å²) in [6, 6.07) is 4.88. The van der Waals surface area contributed by atoms with Crippen LogP contribution in [0.4, 0.5) is 4.39 Å². The number of nitrogens with two attached hydrogens (primary N) is 1. The Balaban J connectivity index is 2.97. The predicted octanol–water partition coefficient (Wildman–Crippen LogP) is 1.37. The first-order valence-electron chi connectivity index (χ1n) is 5.26. The second-order valence-electron chi connectivity index (χ2n) is 4.05. The first-order chi connectivity index (χ1) is 8.25. The van der Waals surface area contributed by atoms with Crippen molar-refractivity contribution in [3.05, 3.63) is 30.1 Å². The van der Waals surface area contributed by atoms with E-state index in [1.807, 2.05) is 0 Å². The van der Waals surface area contributed by atoms with Crippen LogP contribution in [0, 0.1) is 11.7 Å². The van der Waals surface area contributed by atoms with E-state index in [4.69, 9.17) is 18.0 Å². The predicted molar refractivity (Wildman–Crippen MR) is 72.2 cm³/mol. The lowest BCUT2D eigenvalue weighted by molar-refractivity contribution is 0.444. The third kappa shape index (κ3) is 3.47. The van der Waals surface area contributed by atoms with Crippen molar-refractivity contribution in [2.45, 2.75) is 11.8 Å². The summed E-state index contributed by atoms with van der Waals surface area (Å²) >= 11 is 4.79. The van der Waals surface area contributed by atoms with Crippen LogP contribution in [0.25, 0.3) is 0 Å². The zero-order chi connectivity index (χ0) is 13.9. The molecular weight excluding hydrogens is 275 g/mol. The molecule has 0 aliphatic heterocycles. The van der Waals surface area contributed by atoms with Crippen LogP contribution in [0.5, 0.6) is 0 Å². The molecule has 2 N–H and O–H groups in total. The van der Waals surface area contributed by atoms with Gasteiger partial charge in [-0.3, -0.25) is 0 Å². The first-order valence-corrected chi connectivity index (χ1v) is 7.11. The molecule has 0 spiro atoms. The molecule has 1 aromatic carbocycles. The molecule has 0 radical (unpaired) electrons. The number of sulfonamides is 1.